The standard InChI is InChI=1S/C13H17ClF3NO2S/c1-9(2)7-10(14)8-18-21(19,20)12-6-4-3-5-11(12)13(15,16)17/h3-6,9-10,18H,7-8H2,1-2H3. The number of hydrogen-bond acceptors (Lipinski definition) is 2. The van der Waals surface area contributed by atoms with Gasteiger partial charge in [-0.3, -0.25) is 0 Å². The zero-order valence-corrected chi connectivity index (χ0v) is 13.2. The Balaban J connectivity index is 2.94. The zero-order valence-electron chi connectivity index (χ0n) is 11.6. The van der Waals surface area contributed by atoms with Crippen LogP contribution < -0.4 is 4.72 Å². The molecule has 120 valence electrons. The molecule has 1 unspecified atom stereocenters. The summed E-state index contributed by atoms with van der Waals surface area (Å²) in [6.45, 7) is 3.72. The van der Waals surface area contributed by atoms with Crippen molar-refractivity contribution >= 4 is 21.6 Å². The molecule has 0 radical (unpaired) electrons. The summed E-state index contributed by atoms with van der Waals surface area (Å²) in [5, 5.41) is -0.474. The average molecular weight is 344 g/mol. The smallest absolute Gasteiger partial charge is 0.210 e. The van der Waals surface area contributed by atoms with Crippen molar-refractivity contribution in [2.75, 3.05) is 6.54 Å². The lowest BCUT2D eigenvalue weighted by molar-refractivity contribution is -0.139. The molecule has 0 aromatic heterocycles. The predicted octanol–water partition coefficient (Wildman–Crippen LogP) is 3.64. The van der Waals surface area contributed by atoms with Gasteiger partial charge in [-0.25, -0.2) is 13.1 Å². The third-order valence-electron chi connectivity index (χ3n) is 2.70. The largest absolute Gasteiger partial charge is 0.417 e. The van der Waals surface area contributed by atoms with Crippen LogP contribution in [0.5, 0.6) is 0 Å². The van der Waals surface area contributed by atoms with Gasteiger partial charge < -0.3 is 0 Å². The van der Waals surface area contributed by atoms with E-state index in [9.17, 15) is 21.6 Å². The van der Waals surface area contributed by atoms with Crippen LogP contribution in [0.3, 0.4) is 0 Å². The molecule has 0 fully saturated rings. The lowest BCUT2D eigenvalue weighted by Crippen LogP contribution is -2.31. The van der Waals surface area contributed by atoms with Gasteiger partial charge in [0.15, 0.2) is 0 Å². The fourth-order valence-corrected chi connectivity index (χ4v) is 3.64. The van der Waals surface area contributed by atoms with Crippen molar-refractivity contribution in [2.45, 2.75) is 36.7 Å². The number of alkyl halides is 4. The summed E-state index contributed by atoms with van der Waals surface area (Å²) < 4.78 is 64.7. The van der Waals surface area contributed by atoms with Crippen molar-refractivity contribution in [2.24, 2.45) is 5.92 Å². The predicted molar refractivity (Wildman–Crippen MR) is 75.7 cm³/mol. The fraction of sp³-hybridized carbons (Fsp3) is 0.538. The maximum Gasteiger partial charge on any atom is 0.417 e. The highest BCUT2D eigenvalue weighted by Gasteiger charge is 2.36. The Morgan fingerprint density at radius 1 is 1.24 bits per heavy atom. The molecule has 1 N–H and O–H groups in total. The summed E-state index contributed by atoms with van der Waals surface area (Å²) in [5.41, 5.74) is -1.19. The summed E-state index contributed by atoms with van der Waals surface area (Å²) in [4.78, 5) is -0.786. The van der Waals surface area contributed by atoms with E-state index in [0.29, 0.717) is 6.42 Å². The SMILES string of the molecule is CC(C)CC(Cl)CNS(=O)(=O)c1ccccc1C(F)(F)F. The topological polar surface area (TPSA) is 46.2 Å². The Morgan fingerprint density at radius 2 is 1.81 bits per heavy atom. The number of nitrogens with one attached hydrogen (secondary N) is 1. The summed E-state index contributed by atoms with van der Waals surface area (Å²) in [7, 11) is -4.26. The molecular formula is C13H17ClF3NO2S. The second kappa shape index (κ2) is 6.98. The minimum Gasteiger partial charge on any atom is -0.210 e. The van der Waals surface area contributed by atoms with Crippen molar-refractivity contribution in [3.8, 4) is 0 Å². The molecule has 0 bridgehead atoms. The van der Waals surface area contributed by atoms with Crippen LogP contribution in [0.15, 0.2) is 29.2 Å². The lowest BCUT2D eigenvalue weighted by atomic mass is 10.1. The fourth-order valence-electron chi connectivity index (χ4n) is 1.81. The average Bonchev–Trinajstić information content (AvgIpc) is 2.35. The van der Waals surface area contributed by atoms with Gasteiger partial charge in [0.2, 0.25) is 10.0 Å². The summed E-state index contributed by atoms with van der Waals surface area (Å²) in [6, 6.07) is 4.05. The molecule has 0 spiro atoms. The first-order chi connectivity index (χ1) is 9.54. The van der Waals surface area contributed by atoms with E-state index in [4.69, 9.17) is 11.6 Å². The van der Waals surface area contributed by atoms with Crippen LogP contribution in [-0.4, -0.2) is 20.3 Å². The lowest BCUT2D eigenvalue weighted by Gasteiger charge is -2.16. The van der Waals surface area contributed by atoms with Gasteiger partial charge in [-0.1, -0.05) is 26.0 Å². The third kappa shape index (κ3) is 5.48. The van der Waals surface area contributed by atoms with E-state index >= 15 is 0 Å². The first-order valence-electron chi connectivity index (χ1n) is 6.34. The zero-order chi connectivity index (χ0) is 16.3. The second-order valence-electron chi connectivity index (χ2n) is 5.07. The van der Waals surface area contributed by atoms with Gasteiger partial charge >= 0.3 is 6.18 Å². The van der Waals surface area contributed by atoms with Crippen LogP contribution in [-0.2, 0) is 16.2 Å². The molecule has 1 atom stereocenters. The van der Waals surface area contributed by atoms with Crippen LogP contribution in [0.4, 0.5) is 13.2 Å². The molecule has 0 aliphatic rings. The minimum atomic E-state index is -4.73. The highest BCUT2D eigenvalue weighted by molar-refractivity contribution is 7.89. The molecule has 8 heteroatoms. The van der Waals surface area contributed by atoms with Crippen LogP contribution in [0.25, 0.3) is 0 Å². The number of hydrogen-bond donors (Lipinski definition) is 1. The van der Waals surface area contributed by atoms with Gasteiger partial charge in [-0.15, -0.1) is 11.6 Å². The first kappa shape index (κ1) is 18.3. The molecule has 0 aliphatic heterocycles. The van der Waals surface area contributed by atoms with Gasteiger partial charge in [0.25, 0.3) is 0 Å². The van der Waals surface area contributed by atoms with Crippen LogP contribution in [0, 0.1) is 5.92 Å². The van der Waals surface area contributed by atoms with Gasteiger partial charge in [0.05, 0.1) is 10.5 Å². The van der Waals surface area contributed by atoms with Gasteiger partial charge in [-0.05, 0) is 24.5 Å². The van der Waals surface area contributed by atoms with Crippen molar-refractivity contribution in [1.82, 2.24) is 4.72 Å². The highest BCUT2D eigenvalue weighted by atomic mass is 35.5. The van der Waals surface area contributed by atoms with Crippen LogP contribution in [0.2, 0.25) is 0 Å². The van der Waals surface area contributed by atoms with Gasteiger partial charge in [-0.2, -0.15) is 13.2 Å². The summed E-state index contributed by atoms with van der Waals surface area (Å²) in [6.07, 6.45) is -4.17. The molecule has 3 nitrogen and oxygen atoms in total. The Labute approximate surface area is 127 Å². The Bertz CT molecular complexity index is 573. The quantitative estimate of drug-likeness (QED) is 0.802. The molecule has 0 saturated carbocycles. The van der Waals surface area contributed by atoms with E-state index in [1.165, 1.54) is 6.07 Å². The van der Waals surface area contributed by atoms with E-state index in [1.807, 2.05) is 13.8 Å². The molecule has 0 aliphatic carbocycles. The Hall–Kier alpha value is -0.790. The molecule has 21 heavy (non-hydrogen) atoms. The molecule has 0 amide bonds. The first-order valence-corrected chi connectivity index (χ1v) is 8.26. The van der Waals surface area contributed by atoms with E-state index in [2.05, 4.69) is 4.72 Å². The minimum absolute atomic E-state index is 0.117. The van der Waals surface area contributed by atoms with E-state index in [0.717, 1.165) is 18.2 Å². The number of benzene rings is 1. The molecule has 0 heterocycles. The van der Waals surface area contributed by atoms with Crippen molar-refractivity contribution < 1.29 is 21.6 Å². The van der Waals surface area contributed by atoms with Gasteiger partial charge in [0.1, 0.15) is 0 Å². The summed E-state index contributed by atoms with van der Waals surface area (Å²) >= 11 is 5.95. The molecule has 1 aromatic carbocycles. The molecular weight excluding hydrogens is 327 g/mol. The molecule has 1 rings (SSSR count). The Kier molecular flexibility index (Phi) is 6.07. The van der Waals surface area contributed by atoms with Crippen LogP contribution in [0.1, 0.15) is 25.8 Å². The maximum atomic E-state index is 12.8. The molecule has 0 saturated heterocycles. The number of sulfonamides is 1. The normalized spacial score (nSPS) is 14.4. The second-order valence-corrected chi connectivity index (χ2v) is 7.43. The summed E-state index contributed by atoms with van der Waals surface area (Å²) in [5.74, 6) is 0.263. The van der Waals surface area contributed by atoms with Crippen LogP contribution >= 0.6 is 11.6 Å². The van der Waals surface area contributed by atoms with Gasteiger partial charge in [0, 0.05) is 11.9 Å². The van der Waals surface area contributed by atoms with Crippen molar-refractivity contribution in [3.63, 3.8) is 0 Å². The third-order valence-corrected chi connectivity index (χ3v) is 4.52. The number of halogens is 4. The maximum absolute atomic E-state index is 12.8. The monoisotopic (exact) mass is 343 g/mol. The van der Waals surface area contributed by atoms with E-state index in [1.54, 1.807) is 0 Å². The highest BCUT2D eigenvalue weighted by Crippen LogP contribution is 2.33. The number of rotatable bonds is 6. The molecule has 1 aromatic rings. The van der Waals surface area contributed by atoms with E-state index in [-0.39, 0.29) is 12.5 Å². The Morgan fingerprint density at radius 3 is 2.33 bits per heavy atom. The van der Waals surface area contributed by atoms with Crippen molar-refractivity contribution in [1.29, 1.82) is 0 Å². The van der Waals surface area contributed by atoms with Crippen molar-refractivity contribution in [3.05, 3.63) is 29.8 Å². The van der Waals surface area contributed by atoms with E-state index < -0.39 is 32.0 Å².